The first-order valence-corrected chi connectivity index (χ1v) is 10.4. The number of hydrogen-bond donors (Lipinski definition) is 2. The molecular weight excluding hydrogens is 405 g/mol. The summed E-state index contributed by atoms with van der Waals surface area (Å²) in [5.41, 5.74) is -0.279. The second-order valence-electron chi connectivity index (χ2n) is 9.38. The van der Waals surface area contributed by atoms with Crippen LogP contribution < -0.4 is 5.76 Å². The SMILES string of the molecule is C[C@H]1C[C@]1(c1noc(=O)[nH]1)n1c(C(=O)O)cc2cc([C@@H]3CCOC(C)(C)C3)cc(F)c21. The third-order valence-corrected chi connectivity index (χ3v) is 6.78. The number of nitrogens with one attached hydrogen (secondary N) is 1. The minimum absolute atomic E-state index is 0.0495. The summed E-state index contributed by atoms with van der Waals surface area (Å²) in [6.07, 6.45) is 2.04. The maximum atomic E-state index is 15.6. The lowest BCUT2D eigenvalue weighted by Crippen LogP contribution is -2.33. The van der Waals surface area contributed by atoms with Crippen LogP contribution in [0.2, 0.25) is 0 Å². The summed E-state index contributed by atoms with van der Waals surface area (Å²) in [5.74, 6) is -2.12. The fourth-order valence-corrected chi connectivity index (χ4v) is 5.22. The van der Waals surface area contributed by atoms with Crippen LogP contribution in [0, 0.1) is 11.7 Å². The van der Waals surface area contributed by atoms with Crippen molar-refractivity contribution in [2.24, 2.45) is 5.92 Å². The molecule has 2 aliphatic rings. The van der Waals surface area contributed by atoms with Crippen LogP contribution in [0.15, 0.2) is 27.5 Å². The van der Waals surface area contributed by atoms with Gasteiger partial charge < -0.3 is 14.4 Å². The molecule has 3 heterocycles. The van der Waals surface area contributed by atoms with Crippen LogP contribution in [0.25, 0.3) is 10.9 Å². The summed E-state index contributed by atoms with van der Waals surface area (Å²) in [7, 11) is 0. The summed E-state index contributed by atoms with van der Waals surface area (Å²) in [4.78, 5) is 26.2. The van der Waals surface area contributed by atoms with E-state index in [1.54, 1.807) is 0 Å². The van der Waals surface area contributed by atoms with Gasteiger partial charge in [-0.3, -0.25) is 9.51 Å². The summed E-state index contributed by atoms with van der Waals surface area (Å²) in [6, 6.07) is 4.88. The molecule has 1 saturated carbocycles. The minimum Gasteiger partial charge on any atom is -0.477 e. The third kappa shape index (κ3) is 3.02. The monoisotopic (exact) mass is 429 g/mol. The zero-order valence-electron chi connectivity index (χ0n) is 17.6. The van der Waals surface area contributed by atoms with Crippen molar-refractivity contribution < 1.29 is 23.6 Å². The molecule has 2 fully saturated rings. The number of aromatic nitrogens is 3. The molecule has 0 amide bonds. The summed E-state index contributed by atoms with van der Waals surface area (Å²) in [5, 5.41) is 14.2. The van der Waals surface area contributed by atoms with Gasteiger partial charge >= 0.3 is 11.7 Å². The Morgan fingerprint density at radius 2 is 2.06 bits per heavy atom. The Morgan fingerprint density at radius 3 is 2.65 bits per heavy atom. The van der Waals surface area contributed by atoms with E-state index in [1.165, 1.54) is 16.7 Å². The van der Waals surface area contributed by atoms with Gasteiger partial charge in [-0.25, -0.2) is 14.0 Å². The zero-order chi connectivity index (χ0) is 22.1. The Hall–Kier alpha value is -2.94. The maximum absolute atomic E-state index is 15.6. The van der Waals surface area contributed by atoms with E-state index in [9.17, 15) is 14.7 Å². The van der Waals surface area contributed by atoms with Crippen LogP contribution in [0.3, 0.4) is 0 Å². The highest BCUT2D eigenvalue weighted by Gasteiger charge is 2.59. The molecule has 3 atom stereocenters. The number of halogens is 1. The number of carboxylic acids is 1. The number of carboxylic acid groups (broad SMARTS) is 1. The Kier molecular flexibility index (Phi) is 4.21. The molecule has 1 saturated heterocycles. The van der Waals surface area contributed by atoms with E-state index in [-0.39, 0.29) is 34.5 Å². The third-order valence-electron chi connectivity index (χ3n) is 6.78. The van der Waals surface area contributed by atoms with Crippen molar-refractivity contribution >= 4 is 16.9 Å². The van der Waals surface area contributed by atoms with Crippen molar-refractivity contribution in [1.82, 2.24) is 14.7 Å². The molecule has 0 radical (unpaired) electrons. The van der Waals surface area contributed by atoms with Gasteiger partial charge in [-0.15, -0.1) is 0 Å². The number of hydrogen-bond acceptors (Lipinski definition) is 5. The molecule has 8 nitrogen and oxygen atoms in total. The maximum Gasteiger partial charge on any atom is 0.438 e. The lowest BCUT2D eigenvalue weighted by molar-refractivity contribution is -0.0593. The second-order valence-corrected chi connectivity index (χ2v) is 9.38. The average molecular weight is 429 g/mol. The lowest BCUT2D eigenvalue weighted by Gasteiger charge is -2.35. The number of nitrogens with zero attached hydrogens (tertiary/aromatic N) is 2. The molecule has 5 rings (SSSR count). The first-order chi connectivity index (χ1) is 14.6. The fourth-order valence-electron chi connectivity index (χ4n) is 5.22. The van der Waals surface area contributed by atoms with Crippen LogP contribution in [0.1, 0.15) is 67.8 Å². The van der Waals surface area contributed by atoms with Gasteiger partial charge in [-0.05, 0) is 68.7 Å². The van der Waals surface area contributed by atoms with E-state index in [0.717, 1.165) is 18.4 Å². The van der Waals surface area contributed by atoms with Crippen LogP contribution in [-0.2, 0) is 10.3 Å². The Balaban J connectivity index is 1.70. The molecule has 2 N–H and O–H groups in total. The molecule has 1 aliphatic heterocycles. The number of aromatic amines is 1. The molecule has 0 spiro atoms. The molecule has 3 aromatic rings. The highest BCUT2D eigenvalue weighted by Crippen LogP contribution is 2.56. The molecule has 9 heteroatoms. The van der Waals surface area contributed by atoms with Crippen molar-refractivity contribution in [1.29, 1.82) is 0 Å². The van der Waals surface area contributed by atoms with E-state index in [2.05, 4.69) is 14.7 Å². The van der Waals surface area contributed by atoms with Crippen molar-refractivity contribution in [2.75, 3.05) is 6.61 Å². The van der Waals surface area contributed by atoms with Gasteiger partial charge in [0.1, 0.15) is 17.1 Å². The number of H-pyrrole nitrogens is 1. The number of benzene rings is 1. The summed E-state index contributed by atoms with van der Waals surface area (Å²) < 4.78 is 27.5. The van der Waals surface area contributed by atoms with Crippen LogP contribution in [0.4, 0.5) is 4.39 Å². The van der Waals surface area contributed by atoms with Crippen molar-refractivity contribution in [3.8, 4) is 0 Å². The first kappa shape index (κ1) is 20.0. The zero-order valence-corrected chi connectivity index (χ0v) is 17.6. The standard InChI is InChI=1S/C22H24FN3O5/c1-11-9-22(11,19-24-20(29)31-25-19)26-16(18(27)28)8-14-6-13(7-15(23)17(14)26)12-4-5-30-21(2,3)10-12/h6-8,11-12H,4-5,9-10H2,1-3H3,(H,27,28)(H,24,25,29)/t11-,12+,22-/m0/s1. The van der Waals surface area contributed by atoms with Crippen molar-refractivity contribution in [2.45, 2.75) is 57.1 Å². The second kappa shape index (κ2) is 6.53. The predicted octanol–water partition coefficient (Wildman–Crippen LogP) is 3.61. The minimum atomic E-state index is -1.17. The van der Waals surface area contributed by atoms with E-state index >= 15 is 4.39 Å². The topological polar surface area (TPSA) is 110 Å². The average Bonchev–Trinajstić information content (AvgIpc) is 3.03. The normalized spacial score (nSPS) is 27.5. The Labute approximate surface area is 177 Å². The highest BCUT2D eigenvalue weighted by atomic mass is 19.1. The number of ether oxygens (including phenoxy) is 1. The Bertz CT molecular complexity index is 1260. The summed E-state index contributed by atoms with van der Waals surface area (Å²) in [6.45, 7) is 6.54. The predicted molar refractivity (Wildman–Crippen MR) is 109 cm³/mol. The van der Waals surface area contributed by atoms with Crippen molar-refractivity contribution in [3.63, 3.8) is 0 Å². The van der Waals surface area contributed by atoms with Gasteiger partial charge in [0.25, 0.3) is 0 Å². The largest absolute Gasteiger partial charge is 0.477 e. The van der Waals surface area contributed by atoms with Gasteiger partial charge in [0.2, 0.25) is 0 Å². The van der Waals surface area contributed by atoms with Crippen molar-refractivity contribution in [3.05, 3.63) is 51.6 Å². The molecule has 2 aromatic heterocycles. The Morgan fingerprint density at radius 1 is 1.32 bits per heavy atom. The van der Waals surface area contributed by atoms with Gasteiger partial charge in [0.15, 0.2) is 5.82 Å². The van der Waals surface area contributed by atoms with Gasteiger partial charge in [-0.2, -0.15) is 0 Å². The van der Waals surface area contributed by atoms with Gasteiger partial charge in [-0.1, -0.05) is 12.1 Å². The quantitative estimate of drug-likeness (QED) is 0.656. The van der Waals surface area contributed by atoms with E-state index < -0.39 is 23.1 Å². The number of aromatic carboxylic acids is 1. The van der Waals surface area contributed by atoms with Gasteiger partial charge in [0.05, 0.1) is 11.1 Å². The lowest BCUT2D eigenvalue weighted by atomic mass is 9.83. The van der Waals surface area contributed by atoms with Crippen LogP contribution in [-0.4, -0.2) is 38.0 Å². The molecule has 1 aliphatic carbocycles. The van der Waals surface area contributed by atoms with E-state index in [1.807, 2.05) is 26.8 Å². The highest BCUT2D eigenvalue weighted by molar-refractivity contribution is 5.95. The molecule has 31 heavy (non-hydrogen) atoms. The first-order valence-electron chi connectivity index (χ1n) is 10.4. The van der Waals surface area contributed by atoms with E-state index in [4.69, 9.17) is 4.74 Å². The van der Waals surface area contributed by atoms with Crippen LogP contribution in [0.5, 0.6) is 0 Å². The molecule has 0 unspecified atom stereocenters. The number of carbonyl (C=O) groups is 1. The molecule has 1 aromatic carbocycles. The smallest absolute Gasteiger partial charge is 0.438 e. The van der Waals surface area contributed by atoms with E-state index in [0.29, 0.717) is 18.4 Å². The molecule has 0 bridgehead atoms. The molecule has 164 valence electrons. The van der Waals surface area contributed by atoms with Gasteiger partial charge in [0, 0.05) is 12.0 Å². The molecular formula is C22H24FN3O5. The number of fused-ring (bicyclic) bond motifs is 1. The van der Waals surface area contributed by atoms with Crippen LogP contribution >= 0.6 is 0 Å². The summed E-state index contributed by atoms with van der Waals surface area (Å²) >= 11 is 0. The number of rotatable bonds is 4. The fraction of sp³-hybridized carbons (Fsp3) is 0.500.